The minimum absolute atomic E-state index is 0.134. The molecule has 3 rings (SSSR count). The Kier molecular flexibility index (Phi) is 5.26. The zero-order valence-corrected chi connectivity index (χ0v) is 14.3. The number of amides is 1. The summed E-state index contributed by atoms with van der Waals surface area (Å²) in [4.78, 5) is 14.3. The third-order valence-corrected chi connectivity index (χ3v) is 4.55. The lowest BCUT2D eigenvalue weighted by molar-refractivity contribution is -0.137. The van der Waals surface area contributed by atoms with E-state index >= 15 is 0 Å². The van der Waals surface area contributed by atoms with Crippen molar-refractivity contribution < 1.29 is 18.0 Å². The summed E-state index contributed by atoms with van der Waals surface area (Å²) < 4.78 is 39.7. The molecule has 0 aliphatic carbocycles. The predicted octanol–water partition coefficient (Wildman–Crippen LogP) is 2.36. The lowest BCUT2D eigenvalue weighted by Crippen LogP contribution is -2.40. The number of rotatable bonds is 4. The molecule has 6 nitrogen and oxygen atoms in total. The van der Waals surface area contributed by atoms with Gasteiger partial charge in [0.1, 0.15) is 0 Å². The van der Waals surface area contributed by atoms with Gasteiger partial charge in [-0.3, -0.25) is 4.79 Å². The number of halogens is 3. The van der Waals surface area contributed by atoms with Crippen molar-refractivity contribution in [2.24, 2.45) is 5.92 Å². The molecule has 1 amide bonds. The first kappa shape index (κ1) is 18.4. The Labute approximate surface area is 149 Å². The van der Waals surface area contributed by atoms with Crippen LogP contribution in [0.3, 0.4) is 0 Å². The maximum absolute atomic E-state index is 12.8. The number of hydrogen-bond acceptors (Lipinski definition) is 4. The van der Waals surface area contributed by atoms with Gasteiger partial charge in [-0.2, -0.15) is 13.2 Å². The molecule has 1 aromatic carbocycles. The molecule has 1 N–H and O–H groups in total. The number of benzene rings is 1. The summed E-state index contributed by atoms with van der Waals surface area (Å²) in [6.45, 7) is 2.21. The van der Waals surface area contributed by atoms with Crippen LogP contribution in [0.4, 0.5) is 13.2 Å². The van der Waals surface area contributed by atoms with Crippen LogP contribution >= 0.6 is 0 Å². The third kappa shape index (κ3) is 4.04. The lowest BCUT2D eigenvalue weighted by atomic mass is 9.97. The van der Waals surface area contributed by atoms with Crippen LogP contribution in [-0.4, -0.2) is 52.5 Å². The Morgan fingerprint density at radius 1 is 1.31 bits per heavy atom. The maximum Gasteiger partial charge on any atom is 0.416 e. The molecule has 0 unspecified atom stereocenters. The molecule has 1 aromatic heterocycles. The zero-order valence-electron chi connectivity index (χ0n) is 14.3. The molecular formula is C17H20F3N5O. The molecule has 9 heteroatoms. The largest absolute Gasteiger partial charge is 0.416 e. The van der Waals surface area contributed by atoms with Gasteiger partial charge >= 0.3 is 6.18 Å². The quantitative estimate of drug-likeness (QED) is 0.901. The van der Waals surface area contributed by atoms with E-state index < -0.39 is 11.7 Å². The van der Waals surface area contributed by atoms with E-state index in [4.69, 9.17) is 0 Å². The van der Waals surface area contributed by atoms with Gasteiger partial charge in [0.2, 0.25) is 0 Å². The van der Waals surface area contributed by atoms with Crippen molar-refractivity contribution in [1.82, 2.24) is 25.2 Å². The van der Waals surface area contributed by atoms with Crippen LogP contribution in [0.2, 0.25) is 0 Å². The number of carbonyl (C=O) groups excluding carboxylic acids is 1. The molecule has 1 aliphatic heterocycles. The monoisotopic (exact) mass is 367 g/mol. The zero-order chi connectivity index (χ0) is 18.7. The SMILES string of the molecule is CNCC1CCN(C(=O)c2cn(-c3cccc(C(F)(F)F)c3)nn2)CC1. The number of carbonyl (C=O) groups is 1. The molecular weight excluding hydrogens is 347 g/mol. The van der Waals surface area contributed by atoms with Crippen molar-refractivity contribution in [3.63, 3.8) is 0 Å². The first-order valence-corrected chi connectivity index (χ1v) is 8.42. The first-order chi connectivity index (χ1) is 12.4. The van der Waals surface area contributed by atoms with Crippen molar-refractivity contribution in [1.29, 1.82) is 0 Å². The summed E-state index contributed by atoms with van der Waals surface area (Å²) >= 11 is 0. The molecule has 0 spiro atoms. The average Bonchev–Trinajstić information content (AvgIpc) is 3.12. The van der Waals surface area contributed by atoms with Gasteiger partial charge in [-0.25, -0.2) is 4.68 Å². The van der Waals surface area contributed by atoms with E-state index in [0.29, 0.717) is 19.0 Å². The summed E-state index contributed by atoms with van der Waals surface area (Å²) in [5.41, 5.74) is -0.432. The van der Waals surface area contributed by atoms with E-state index in [9.17, 15) is 18.0 Å². The summed E-state index contributed by atoms with van der Waals surface area (Å²) in [6, 6.07) is 4.75. The van der Waals surface area contributed by atoms with Gasteiger partial charge in [0.05, 0.1) is 17.4 Å². The smallest absolute Gasteiger partial charge is 0.337 e. The highest BCUT2D eigenvalue weighted by Gasteiger charge is 2.31. The second-order valence-electron chi connectivity index (χ2n) is 6.39. The Bertz CT molecular complexity index is 766. The molecule has 2 aromatic rings. The van der Waals surface area contributed by atoms with Crippen LogP contribution in [0, 0.1) is 5.92 Å². The fraction of sp³-hybridized carbons (Fsp3) is 0.471. The second-order valence-corrected chi connectivity index (χ2v) is 6.39. The van der Waals surface area contributed by atoms with Crippen molar-refractivity contribution in [3.8, 4) is 5.69 Å². The molecule has 1 fully saturated rings. The number of aromatic nitrogens is 3. The second kappa shape index (κ2) is 7.45. The van der Waals surface area contributed by atoms with Gasteiger partial charge in [-0.05, 0) is 50.6 Å². The fourth-order valence-corrected chi connectivity index (χ4v) is 3.10. The Hall–Kier alpha value is -2.42. The van der Waals surface area contributed by atoms with Gasteiger partial charge < -0.3 is 10.2 Å². The van der Waals surface area contributed by atoms with Crippen LogP contribution < -0.4 is 5.32 Å². The van der Waals surface area contributed by atoms with Crippen LogP contribution in [0.5, 0.6) is 0 Å². The Balaban J connectivity index is 1.71. The van der Waals surface area contributed by atoms with Gasteiger partial charge in [0.25, 0.3) is 5.91 Å². The van der Waals surface area contributed by atoms with E-state index in [1.807, 2.05) is 7.05 Å². The normalized spacial score (nSPS) is 16.1. The van der Waals surface area contributed by atoms with E-state index in [1.165, 1.54) is 23.0 Å². The van der Waals surface area contributed by atoms with Crippen LogP contribution in [0.15, 0.2) is 30.5 Å². The first-order valence-electron chi connectivity index (χ1n) is 8.42. The summed E-state index contributed by atoms with van der Waals surface area (Å²) in [7, 11) is 1.91. The van der Waals surface area contributed by atoms with Crippen molar-refractivity contribution in [2.45, 2.75) is 19.0 Å². The van der Waals surface area contributed by atoms with Crippen LogP contribution in [0.1, 0.15) is 28.9 Å². The van der Waals surface area contributed by atoms with Gasteiger partial charge in [-0.1, -0.05) is 11.3 Å². The standard InChI is InChI=1S/C17H20F3N5O/c1-21-10-12-5-7-24(8-6-12)16(26)15-11-25(23-22-15)14-4-2-3-13(9-14)17(18,19)20/h2-4,9,11-12,21H,5-8,10H2,1H3. The summed E-state index contributed by atoms with van der Waals surface area (Å²) in [5, 5.41) is 10.8. The third-order valence-electron chi connectivity index (χ3n) is 4.55. The Morgan fingerprint density at radius 2 is 2.04 bits per heavy atom. The van der Waals surface area contributed by atoms with Crippen molar-refractivity contribution in [3.05, 3.63) is 41.7 Å². The highest BCUT2D eigenvalue weighted by molar-refractivity contribution is 5.92. The van der Waals surface area contributed by atoms with Crippen molar-refractivity contribution >= 4 is 5.91 Å². The van der Waals surface area contributed by atoms with E-state index in [2.05, 4.69) is 15.6 Å². The summed E-state index contributed by atoms with van der Waals surface area (Å²) in [5.74, 6) is 0.302. The number of nitrogens with zero attached hydrogens (tertiary/aromatic N) is 4. The van der Waals surface area contributed by atoms with E-state index in [1.54, 1.807) is 4.90 Å². The maximum atomic E-state index is 12.8. The highest BCUT2D eigenvalue weighted by atomic mass is 19.4. The lowest BCUT2D eigenvalue weighted by Gasteiger charge is -2.31. The number of alkyl halides is 3. The van der Waals surface area contributed by atoms with Crippen molar-refractivity contribution in [2.75, 3.05) is 26.7 Å². The highest BCUT2D eigenvalue weighted by Crippen LogP contribution is 2.30. The molecule has 1 saturated heterocycles. The molecule has 0 bridgehead atoms. The molecule has 1 aliphatic rings. The van der Waals surface area contributed by atoms with Crippen LogP contribution in [0.25, 0.3) is 5.69 Å². The number of piperidine rings is 1. The molecule has 0 radical (unpaired) electrons. The molecule has 2 heterocycles. The molecule has 26 heavy (non-hydrogen) atoms. The fourth-order valence-electron chi connectivity index (χ4n) is 3.10. The molecule has 140 valence electrons. The van der Waals surface area contributed by atoms with Gasteiger partial charge in [0, 0.05) is 13.1 Å². The number of likely N-dealkylation sites (tertiary alicyclic amines) is 1. The number of nitrogens with one attached hydrogen (secondary N) is 1. The molecule has 0 saturated carbocycles. The average molecular weight is 367 g/mol. The topological polar surface area (TPSA) is 63.1 Å². The Morgan fingerprint density at radius 3 is 2.69 bits per heavy atom. The van der Waals surface area contributed by atoms with E-state index in [0.717, 1.165) is 31.5 Å². The summed E-state index contributed by atoms with van der Waals surface area (Å²) in [6.07, 6.45) is -1.24. The predicted molar refractivity (Wildman–Crippen MR) is 88.9 cm³/mol. The van der Waals surface area contributed by atoms with Crippen LogP contribution in [-0.2, 0) is 6.18 Å². The minimum atomic E-state index is -4.44. The van der Waals surface area contributed by atoms with Gasteiger partial charge in [-0.15, -0.1) is 5.10 Å². The number of hydrogen-bond donors (Lipinski definition) is 1. The van der Waals surface area contributed by atoms with E-state index in [-0.39, 0.29) is 17.3 Å². The van der Waals surface area contributed by atoms with Gasteiger partial charge in [0.15, 0.2) is 5.69 Å². The molecule has 0 atom stereocenters. The minimum Gasteiger partial charge on any atom is -0.337 e.